The van der Waals surface area contributed by atoms with Crippen molar-refractivity contribution in [2.75, 3.05) is 19.6 Å². The van der Waals surface area contributed by atoms with Gasteiger partial charge in [0.2, 0.25) is 0 Å². The summed E-state index contributed by atoms with van der Waals surface area (Å²) in [5, 5.41) is 2.50. The molecule has 1 rings (SSSR count). The SMILES string of the molecule is C=CCNC(=O)C(=O)N1CCCC(C)C1. The van der Waals surface area contributed by atoms with Crippen LogP contribution >= 0.6 is 0 Å². The lowest BCUT2D eigenvalue weighted by Gasteiger charge is -2.30. The Morgan fingerprint density at radius 3 is 2.93 bits per heavy atom. The highest BCUT2D eigenvalue weighted by Gasteiger charge is 2.25. The summed E-state index contributed by atoms with van der Waals surface area (Å²) in [6.07, 6.45) is 3.68. The maximum Gasteiger partial charge on any atom is 0.311 e. The molecule has 2 amide bonds. The molecule has 0 saturated carbocycles. The lowest BCUT2D eigenvalue weighted by molar-refractivity contribution is -0.146. The normalized spacial score (nSPS) is 20.9. The zero-order valence-corrected chi connectivity index (χ0v) is 9.16. The van der Waals surface area contributed by atoms with Crippen molar-refractivity contribution >= 4 is 11.8 Å². The van der Waals surface area contributed by atoms with Gasteiger partial charge in [-0.25, -0.2) is 0 Å². The first-order chi connectivity index (χ1) is 7.15. The van der Waals surface area contributed by atoms with Crippen LogP contribution in [0.25, 0.3) is 0 Å². The molecule has 0 aromatic carbocycles. The Hall–Kier alpha value is -1.32. The molecule has 1 aliphatic rings. The number of carbonyl (C=O) groups is 2. The van der Waals surface area contributed by atoms with Crippen molar-refractivity contribution in [1.29, 1.82) is 0 Å². The summed E-state index contributed by atoms with van der Waals surface area (Å²) < 4.78 is 0. The number of nitrogens with one attached hydrogen (secondary N) is 1. The summed E-state index contributed by atoms with van der Waals surface area (Å²) in [5.41, 5.74) is 0. The third-order valence-corrected chi connectivity index (χ3v) is 2.55. The van der Waals surface area contributed by atoms with Gasteiger partial charge in [0.1, 0.15) is 0 Å². The van der Waals surface area contributed by atoms with Crippen molar-refractivity contribution in [2.45, 2.75) is 19.8 Å². The monoisotopic (exact) mass is 210 g/mol. The third-order valence-electron chi connectivity index (χ3n) is 2.55. The van der Waals surface area contributed by atoms with Crippen LogP contribution in [0.5, 0.6) is 0 Å². The van der Waals surface area contributed by atoms with Crippen LogP contribution in [0, 0.1) is 5.92 Å². The topological polar surface area (TPSA) is 49.4 Å². The summed E-state index contributed by atoms with van der Waals surface area (Å²) in [4.78, 5) is 24.6. The van der Waals surface area contributed by atoms with E-state index in [0.29, 0.717) is 25.6 Å². The van der Waals surface area contributed by atoms with Gasteiger partial charge >= 0.3 is 11.8 Å². The molecule has 15 heavy (non-hydrogen) atoms. The Bertz CT molecular complexity index is 263. The number of likely N-dealkylation sites (tertiary alicyclic amines) is 1. The van der Waals surface area contributed by atoms with E-state index in [1.165, 1.54) is 0 Å². The molecule has 84 valence electrons. The summed E-state index contributed by atoms with van der Waals surface area (Å²) >= 11 is 0. The number of carbonyl (C=O) groups excluding carboxylic acids is 2. The molecule has 4 nitrogen and oxygen atoms in total. The van der Waals surface area contributed by atoms with Crippen molar-refractivity contribution < 1.29 is 9.59 Å². The third kappa shape index (κ3) is 3.38. The smallest absolute Gasteiger partial charge is 0.311 e. The fourth-order valence-electron chi connectivity index (χ4n) is 1.76. The van der Waals surface area contributed by atoms with Crippen molar-refractivity contribution in [3.8, 4) is 0 Å². The molecule has 1 fully saturated rings. The first-order valence-electron chi connectivity index (χ1n) is 5.33. The summed E-state index contributed by atoms with van der Waals surface area (Å²) in [6.45, 7) is 7.31. The van der Waals surface area contributed by atoms with Gasteiger partial charge in [-0.1, -0.05) is 13.0 Å². The molecule has 0 bridgehead atoms. The predicted molar refractivity (Wildman–Crippen MR) is 58.2 cm³/mol. The maximum absolute atomic E-state index is 11.6. The molecular weight excluding hydrogens is 192 g/mol. The van der Waals surface area contributed by atoms with Gasteiger partial charge in [0.15, 0.2) is 0 Å². The van der Waals surface area contributed by atoms with E-state index in [4.69, 9.17) is 0 Å². The van der Waals surface area contributed by atoms with Crippen LogP contribution in [0.4, 0.5) is 0 Å². The Balaban J connectivity index is 2.44. The van der Waals surface area contributed by atoms with E-state index in [9.17, 15) is 9.59 Å². The van der Waals surface area contributed by atoms with E-state index in [1.807, 2.05) is 0 Å². The van der Waals surface area contributed by atoms with E-state index in [-0.39, 0.29) is 0 Å². The zero-order valence-electron chi connectivity index (χ0n) is 9.16. The highest BCUT2D eigenvalue weighted by molar-refractivity contribution is 6.35. The largest absolute Gasteiger partial charge is 0.344 e. The number of amides is 2. The van der Waals surface area contributed by atoms with Crippen molar-refractivity contribution in [3.05, 3.63) is 12.7 Å². The molecule has 0 aromatic heterocycles. The van der Waals surface area contributed by atoms with Gasteiger partial charge in [-0.15, -0.1) is 6.58 Å². The van der Waals surface area contributed by atoms with Crippen LogP contribution in [-0.2, 0) is 9.59 Å². The second kappa shape index (κ2) is 5.53. The minimum absolute atomic E-state index is 0.341. The average Bonchev–Trinajstić information content (AvgIpc) is 2.24. The Labute approximate surface area is 90.3 Å². The quantitative estimate of drug-likeness (QED) is 0.534. The number of hydrogen-bond donors (Lipinski definition) is 1. The van der Waals surface area contributed by atoms with Crippen LogP contribution in [0.2, 0.25) is 0 Å². The summed E-state index contributed by atoms with van der Waals surface area (Å²) in [6, 6.07) is 0. The molecule has 4 heteroatoms. The average molecular weight is 210 g/mol. The Morgan fingerprint density at radius 1 is 1.60 bits per heavy atom. The molecule has 0 aromatic rings. The first-order valence-corrected chi connectivity index (χ1v) is 5.33. The second-order valence-electron chi connectivity index (χ2n) is 4.00. The summed E-state index contributed by atoms with van der Waals surface area (Å²) in [7, 11) is 0. The fourth-order valence-corrected chi connectivity index (χ4v) is 1.76. The molecule has 0 aliphatic carbocycles. The zero-order chi connectivity index (χ0) is 11.3. The highest BCUT2D eigenvalue weighted by atomic mass is 16.2. The van der Waals surface area contributed by atoms with Crippen molar-refractivity contribution in [2.24, 2.45) is 5.92 Å². The number of hydrogen-bond acceptors (Lipinski definition) is 2. The minimum atomic E-state index is -0.524. The van der Waals surface area contributed by atoms with Crippen molar-refractivity contribution in [3.63, 3.8) is 0 Å². The first kappa shape index (κ1) is 11.8. The maximum atomic E-state index is 11.6. The predicted octanol–water partition coefficient (Wildman–Crippen LogP) is 0.547. The van der Waals surface area contributed by atoms with Crippen LogP contribution in [0.15, 0.2) is 12.7 Å². The molecule has 1 N–H and O–H groups in total. The van der Waals surface area contributed by atoms with Crippen LogP contribution in [0.1, 0.15) is 19.8 Å². The standard InChI is InChI=1S/C11H18N2O2/c1-3-6-12-10(14)11(15)13-7-4-5-9(2)8-13/h3,9H,1,4-8H2,2H3,(H,12,14). The van der Waals surface area contributed by atoms with Gasteiger partial charge in [-0.2, -0.15) is 0 Å². The summed E-state index contributed by atoms with van der Waals surface area (Å²) in [5.74, 6) is -0.442. The molecule has 0 radical (unpaired) electrons. The van der Waals surface area contributed by atoms with E-state index < -0.39 is 11.8 Å². The van der Waals surface area contributed by atoms with E-state index in [1.54, 1.807) is 11.0 Å². The molecule has 0 spiro atoms. The highest BCUT2D eigenvalue weighted by Crippen LogP contribution is 2.15. The molecule has 1 saturated heterocycles. The van der Waals surface area contributed by atoms with Gasteiger partial charge in [0.05, 0.1) is 0 Å². The molecule has 1 aliphatic heterocycles. The molecular formula is C11H18N2O2. The van der Waals surface area contributed by atoms with Gasteiger partial charge in [-0.3, -0.25) is 9.59 Å². The van der Waals surface area contributed by atoms with E-state index in [0.717, 1.165) is 12.8 Å². The Kier molecular flexibility index (Phi) is 4.34. The minimum Gasteiger partial charge on any atom is -0.344 e. The van der Waals surface area contributed by atoms with Crippen LogP contribution in [-0.4, -0.2) is 36.3 Å². The van der Waals surface area contributed by atoms with E-state index in [2.05, 4.69) is 18.8 Å². The van der Waals surface area contributed by atoms with Crippen molar-refractivity contribution in [1.82, 2.24) is 10.2 Å². The molecule has 1 heterocycles. The van der Waals surface area contributed by atoms with Crippen LogP contribution < -0.4 is 5.32 Å². The molecule has 1 unspecified atom stereocenters. The Morgan fingerprint density at radius 2 is 2.33 bits per heavy atom. The second-order valence-corrected chi connectivity index (χ2v) is 4.00. The van der Waals surface area contributed by atoms with Gasteiger partial charge in [0.25, 0.3) is 0 Å². The number of piperidine rings is 1. The lowest BCUT2D eigenvalue weighted by Crippen LogP contribution is -2.46. The number of rotatable bonds is 2. The van der Waals surface area contributed by atoms with Gasteiger partial charge < -0.3 is 10.2 Å². The molecule has 1 atom stereocenters. The van der Waals surface area contributed by atoms with Crippen LogP contribution in [0.3, 0.4) is 0 Å². The number of nitrogens with zero attached hydrogens (tertiary/aromatic N) is 1. The fraction of sp³-hybridized carbons (Fsp3) is 0.636. The van der Waals surface area contributed by atoms with E-state index >= 15 is 0 Å². The van der Waals surface area contributed by atoms with Gasteiger partial charge in [-0.05, 0) is 18.8 Å². The lowest BCUT2D eigenvalue weighted by atomic mass is 10.0. The van der Waals surface area contributed by atoms with Gasteiger partial charge in [0, 0.05) is 19.6 Å².